The smallest absolute Gasteiger partial charge is 0.338 e. The summed E-state index contributed by atoms with van der Waals surface area (Å²) in [6.07, 6.45) is 0. The maximum Gasteiger partial charge on any atom is 0.338 e. The first-order valence-electron chi connectivity index (χ1n) is 8.02. The minimum atomic E-state index is -0.450. The quantitative estimate of drug-likeness (QED) is 0.451. The summed E-state index contributed by atoms with van der Waals surface area (Å²) in [5.74, 6) is -0.337. The number of nitrogens with one attached hydrogen (secondary N) is 1. The minimum absolute atomic E-state index is 0.0842. The van der Waals surface area contributed by atoms with E-state index in [4.69, 9.17) is 9.47 Å². The van der Waals surface area contributed by atoms with Gasteiger partial charge < -0.3 is 14.6 Å². The van der Waals surface area contributed by atoms with Crippen LogP contribution in [0.3, 0.4) is 0 Å². The molecule has 0 unspecified atom stereocenters. The predicted molar refractivity (Wildman–Crippen MR) is 96.4 cm³/mol. The molecule has 7 heteroatoms. The molecule has 2 aromatic carbocycles. The van der Waals surface area contributed by atoms with Crippen molar-refractivity contribution in [2.24, 2.45) is 5.10 Å². The third kappa shape index (κ3) is 5.34. The van der Waals surface area contributed by atoms with Crippen molar-refractivity contribution < 1.29 is 24.2 Å². The molecule has 0 aliphatic heterocycles. The highest BCUT2D eigenvalue weighted by atomic mass is 16.5. The lowest BCUT2D eigenvalue weighted by molar-refractivity contribution is -0.123. The summed E-state index contributed by atoms with van der Waals surface area (Å²) in [6.45, 7) is 3.47. The number of aromatic hydroxyl groups is 1. The van der Waals surface area contributed by atoms with Crippen molar-refractivity contribution in [2.45, 2.75) is 13.8 Å². The average Bonchev–Trinajstić information content (AvgIpc) is 2.65. The number of benzene rings is 2. The van der Waals surface area contributed by atoms with E-state index >= 15 is 0 Å². The first-order valence-corrected chi connectivity index (χ1v) is 8.02. The fraction of sp³-hybridized carbons (Fsp3) is 0.211. The Labute approximate surface area is 151 Å². The normalized spacial score (nSPS) is 10.9. The standard InChI is InChI=1S/C19H20N2O5/c1-3-25-19(24)14-8-10-15(11-9-14)26-12-18(23)21-20-13(2)16-6-4-5-7-17(16)22/h4-11,22H,3,12H2,1-2H3,(H,21,23)/b20-13+. The highest BCUT2D eigenvalue weighted by Crippen LogP contribution is 2.16. The molecule has 26 heavy (non-hydrogen) atoms. The second-order valence-electron chi connectivity index (χ2n) is 5.28. The molecule has 2 N–H and O–H groups in total. The molecule has 0 heterocycles. The van der Waals surface area contributed by atoms with E-state index in [0.717, 1.165) is 0 Å². The average molecular weight is 356 g/mol. The van der Waals surface area contributed by atoms with Crippen LogP contribution in [0.25, 0.3) is 0 Å². The molecule has 0 aliphatic rings. The zero-order chi connectivity index (χ0) is 18.9. The molecule has 1 amide bonds. The number of rotatable bonds is 7. The number of amides is 1. The van der Waals surface area contributed by atoms with Crippen LogP contribution in [0.2, 0.25) is 0 Å². The molecule has 0 fully saturated rings. The molecule has 0 spiro atoms. The van der Waals surface area contributed by atoms with Gasteiger partial charge in [0.15, 0.2) is 6.61 Å². The summed E-state index contributed by atoms with van der Waals surface area (Å²) in [6, 6.07) is 13.0. The summed E-state index contributed by atoms with van der Waals surface area (Å²) in [5, 5.41) is 13.7. The lowest BCUT2D eigenvalue weighted by Gasteiger charge is -2.07. The molecule has 0 aromatic heterocycles. The molecule has 2 aromatic rings. The van der Waals surface area contributed by atoms with E-state index in [9.17, 15) is 14.7 Å². The third-order valence-corrected chi connectivity index (χ3v) is 3.38. The highest BCUT2D eigenvalue weighted by molar-refractivity contribution is 6.01. The Balaban J connectivity index is 1.86. The van der Waals surface area contributed by atoms with Gasteiger partial charge in [0.1, 0.15) is 11.5 Å². The fourth-order valence-corrected chi connectivity index (χ4v) is 2.07. The van der Waals surface area contributed by atoms with Gasteiger partial charge in [0.2, 0.25) is 0 Å². The van der Waals surface area contributed by atoms with E-state index < -0.39 is 11.9 Å². The third-order valence-electron chi connectivity index (χ3n) is 3.38. The van der Waals surface area contributed by atoms with Gasteiger partial charge in [-0.25, -0.2) is 10.2 Å². The van der Waals surface area contributed by atoms with Crippen LogP contribution in [0.15, 0.2) is 53.6 Å². The van der Waals surface area contributed by atoms with Gasteiger partial charge in [-0.3, -0.25) is 4.79 Å². The number of hydrazone groups is 1. The number of carbonyl (C=O) groups excluding carboxylic acids is 2. The molecular formula is C19H20N2O5. The van der Waals surface area contributed by atoms with Crippen LogP contribution in [0, 0.1) is 0 Å². The molecule has 0 radical (unpaired) electrons. The summed E-state index contributed by atoms with van der Waals surface area (Å²) < 4.78 is 10.2. The van der Waals surface area contributed by atoms with Crippen molar-refractivity contribution in [1.29, 1.82) is 0 Å². The van der Waals surface area contributed by atoms with Crippen molar-refractivity contribution in [2.75, 3.05) is 13.2 Å². The van der Waals surface area contributed by atoms with Crippen molar-refractivity contribution in [3.05, 3.63) is 59.7 Å². The van der Waals surface area contributed by atoms with Crippen LogP contribution in [0.1, 0.15) is 29.8 Å². The van der Waals surface area contributed by atoms with Crippen LogP contribution in [-0.2, 0) is 9.53 Å². The first-order chi connectivity index (χ1) is 12.5. The van der Waals surface area contributed by atoms with E-state index in [1.165, 1.54) is 0 Å². The summed E-state index contributed by atoms with van der Waals surface area (Å²) in [5.41, 5.74) is 3.77. The Morgan fingerprint density at radius 2 is 1.81 bits per heavy atom. The molecular weight excluding hydrogens is 336 g/mol. The predicted octanol–water partition coefficient (Wildman–Crippen LogP) is 2.49. The van der Waals surface area contributed by atoms with Gasteiger partial charge >= 0.3 is 5.97 Å². The van der Waals surface area contributed by atoms with Gasteiger partial charge in [0, 0.05) is 5.56 Å². The Morgan fingerprint density at radius 1 is 1.12 bits per heavy atom. The maximum absolute atomic E-state index is 11.8. The number of hydrogen-bond donors (Lipinski definition) is 2. The highest BCUT2D eigenvalue weighted by Gasteiger charge is 2.08. The van der Waals surface area contributed by atoms with Crippen LogP contribution < -0.4 is 10.2 Å². The van der Waals surface area contributed by atoms with Gasteiger partial charge in [-0.2, -0.15) is 5.10 Å². The SMILES string of the molecule is CCOC(=O)c1ccc(OCC(=O)N/N=C(\C)c2ccccc2O)cc1. The molecule has 0 bridgehead atoms. The van der Waals surface area contributed by atoms with Crippen LogP contribution in [-0.4, -0.2) is 35.9 Å². The number of para-hydroxylation sites is 1. The Morgan fingerprint density at radius 3 is 2.46 bits per heavy atom. The molecule has 0 aliphatic carbocycles. The second-order valence-corrected chi connectivity index (χ2v) is 5.28. The molecule has 0 atom stereocenters. The summed E-state index contributed by atoms with van der Waals surface area (Å²) in [4.78, 5) is 23.4. The Bertz CT molecular complexity index is 800. The fourth-order valence-electron chi connectivity index (χ4n) is 2.07. The molecule has 0 saturated carbocycles. The Kier molecular flexibility index (Phi) is 6.73. The Hall–Kier alpha value is -3.35. The van der Waals surface area contributed by atoms with Crippen LogP contribution in [0.4, 0.5) is 0 Å². The molecule has 2 rings (SSSR count). The van der Waals surface area contributed by atoms with E-state index in [1.807, 2.05) is 0 Å². The summed E-state index contributed by atoms with van der Waals surface area (Å²) in [7, 11) is 0. The van der Waals surface area contributed by atoms with Crippen molar-refractivity contribution >= 4 is 17.6 Å². The van der Waals surface area contributed by atoms with E-state index in [2.05, 4.69) is 10.5 Å². The number of esters is 1. The monoisotopic (exact) mass is 356 g/mol. The van der Waals surface area contributed by atoms with Gasteiger partial charge in [0.25, 0.3) is 5.91 Å². The number of phenols is 1. The lowest BCUT2D eigenvalue weighted by Crippen LogP contribution is -2.25. The minimum Gasteiger partial charge on any atom is -0.507 e. The van der Waals surface area contributed by atoms with E-state index in [1.54, 1.807) is 62.4 Å². The maximum atomic E-state index is 11.8. The van der Waals surface area contributed by atoms with Gasteiger partial charge in [-0.15, -0.1) is 0 Å². The lowest BCUT2D eigenvalue weighted by atomic mass is 10.1. The summed E-state index contributed by atoms with van der Waals surface area (Å²) >= 11 is 0. The van der Waals surface area contributed by atoms with Crippen molar-refractivity contribution in [3.63, 3.8) is 0 Å². The first kappa shape index (κ1) is 19.0. The second kappa shape index (κ2) is 9.22. The van der Waals surface area contributed by atoms with Crippen molar-refractivity contribution in [3.8, 4) is 11.5 Å². The zero-order valence-corrected chi connectivity index (χ0v) is 14.6. The number of nitrogens with zero attached hydrogens (tertiary/aromatic N) is 1. The van der Waals surface area contributed by atoms with E-state index in [-0.39, 0.29) is 12.4 Å². The number of carbonyl (C=O) groups is 2. The largest absolute Gasteiger partial charge is 0.507 e. The number of ether oxygens (including phenoxy) is 2. The molecule has 7 nitrogen and oxygen atoms in total. The van der Waals surface area contributed by atoms with E-state index in [0.29, 0.717) is 29.2 Å². The zero-order valence-electron chi connectivity index (χ0n) is 14.6. The van der Waals surface area contributed by atoms with Gasteiger partial charge in [-0.1, -0.05) is 12.1 Å². The van der Waals surface area contributed by atoms with Crippen molar-refractivity contribution in [1.82, 2.24) is 5.43 Å². The number of phenolic OH excluding ortho intramolecular Hbond substituents is 1. The molecule has 136 valence electrons. The molecule has 0 saturated heterocycles. The topological polar surface area (TPSA) is 97.2 Å². The van der Waals surface area contributed by atoms with Gasteiger partial charge in [-0.05, 0) is 50.2 Å². The van der Waals surface area contributed by atoms with Crippen LogP contribution >= 0.6 is 0 Å². The van der Waals surface area contributed by atoms with Crippen LogP contribution in [0.5, 0.6) is 11.5 Å². The van der Waals surface area contributed by atoms with Gasteiger partial charge in [0.05, 0.1) is 17.9 Å². The number of hydrogen-bond acceptors (Lipinski definition) is 6.